The first-order valence-corrected chi connectivity index (χ1v) is 45.1. The Hall–Kier alpha value is -14.4. The van der Waals surface area contributed by atoms with E-state index in [0.717, 1.165) is 140 Å². The second-order valence-corrected chi connectivity index (χ2v) is 36.3. The van der Waals surface area contributed by atoms with Crippen LogP contribution in [0.2, 0.25) is 0 Å². The molecule has 0 spiro atoms. The molecule has 23 aromatic rings. The van der Waals surface area contributed by atoms with Gasteiger partial charge in [0.15, 0.2) is 0 Å². The molecule has 23 rings (SSSR count). The van der Waals surface area contributed by atoms with Crippen LogP contribution in [0.25, 0.3) is 200 Å². The smallest absolute Gasteiger partial charge is 0.115 e. The maximum absolute atomic E-state index is 5.21. The average molecular weight is 2310 g/mol. The molecule has 137 heavy (non-hydrogen) atoms. The quantitative estimate of drug-likeness (QED) is 0.0982. The van der Waals surface area contributed by atoms with Crippen LogP contribution in [0.1, 0.15) is 93.4 Å². The summed E-state index contributed by atoms with van der Waals surface area (Å²) < 4.78 is 0. The van der Waals surface area contributed by atoms with Crippen LogP contribution < -0.4 is 10.1 Å². The van der Waals surface area contributed by atoms with Gasteiger partial charge < -0.3 is 20.1 Å². The predicted octanol–water partition coefficient (Wildman–Crippen LogP) is 28.9. The maximum atomic E-state index is 5.21. The third-order valence-corrected chi connectivity index (χ3v) is 23.6. The number of aromatic nitrogens is 14. The first-order valence-electron chi connectivity index (χ1n) is 45.1. The van der Waals surface area contributed by atoms with Crippen molar-refractivity contribution >= 4 is 97.7 Å². The van der Waals surface area contributed by atoms with E-state index in [1.54, 1.807) is 24.7 Å². The van der Waals surface area contributed by atoms with Crippen molar-refractivity contribution < 1.29 is 60.3 Å². The molecule has 0 aliphatic heterocycles. The molecule has 0 saturated heterocycles. The Labute approximate surface area is 839 Å². The van der Waals surface area contributed by atoms with Gasteiger partial charge in [-0.2, -0.15) is 0 Å². The second-order valence-electron chi connectivity index (χ2n) is 36.3. The molecule has 16 aromatic carbocycles. The Morgan fingerprint density at radius 2 is 0.562 bits per heavy atom. The second kappa shape index (κ2) is 41.1. The van der Waals surface area contributed by atoms with E-state index in [0.29, 0.717) is 17.3 Å². The van der Waals surface area contributed by atoms with E-state index >= 15 is 0 Å². The van der Waals surface area contributed by atoms with E-state index in [1.165, 1.54) is 121 Å². The summed E-state index contributed by atoms with van der Waals surface area (Å²) in [5.41, 5.74) is 34.6. The van der Waals surface area contributed by atoms with E-state index in [-0.39, 0.29) is 65.7 Å². The third-order valence-electron chi connectivity index (χ3n) is 23.6. The number of nitrogens with zero attached hydrogens (tertiary/aromatic N) is 14. The minimum atomic E-state index is -0.0850. The first-order chi connectivity index (χ1) is 64.8. The molecule has 0 fully saturated rings. The van der Waals surface area contributed by atoms with Crippen LogP contribution in [-0.2, 0) is 65.7 Å². The molecule has 7 heterocycles. The fourth-order valence-electron chi connectivity index (χ4n) is 17.8. The Bertz CT molecular complexity index is 7280. The number of hydrogen-bond acceptors (Lipinski definition) is 12. The van der Waals surface area contributed by atoms with Gasteiger partial charge in [-0.15, -0.1) is 105 Å². The zero-order chi connectivity index (χ0) is 92.6. The van der Waals surface area contributed by atoms with Gasteiger partial charge in [0, 0.05) is 101 Å². The van der Waals surface area contributed by atoms with Crippen molar-refractivity contribution in [2.45, 2.75) is 109 Å². The zero-order valence-electron chi connectivity index (χ0n) is 78.8. The number of pyridine rings is 1. The summed E-state index contributed by atoms with van der Waals surface area (Å²) in [6.45, 7) is 31.5. The molecular weight excluding hydrogens is 2210 g/mol. The summed E-state index contributed by atoms with van der Waals surface area (Å²) in [5.74, 6) is 1.96. The number of hydrogen-bond donors (Lipinski definition) is 0. The van der Waals surface area contributed by atoms with E-state index < -0.39 is 0 Å². The number of imidazole rings is 1. The Balaban J connectivity index is 0.000000127. The molecule has 0 N–H and O–H groups in total. The van der Waals surface area contributed by atoms with E-state index in [9.17, 15) is 0 Å². The first kappa shape index (κ1) is 95.8. The molecule has 17 heteroatoms. The molecule has 0 atom stereocenters. The largest absolute Gasteiger partial charge is 0.441 e. The van der Waals surface area contributed by atoms with Gasteiger partial charge in [-0.3, -0.25) is 40.0 Å². The summed E-state index contributed by atoms with van der Waals surface area (Å²) >= 11 is 0. The average Bonchev–Trinajstić information content (AvgIpc) is 1.21. The number of aryl methyl sites for hydroxylation is 12. The molecule has 0 unspecified atom stereocenters. The Morgan fingerprint density at radius 1 is 0.248 bits per heavy atom. The topological polar surface area (TPSA) is 183 Å². The SMILES string of the molecule is CC(C)(C)c1n[n-]c(-c2ccncn2)n1.Cc1[c-]c(-c2nc3cc4cc5ccccc5cc4cc3nc2-c2cc(C)cc(C)c2)cc(C)c1.Cc1[c-]c(-c2nc3cc4cc5ccccc5cc4cc3nc2-c2cc(C)cc(C)c2)cc(C)c1.Cc1[c-]c(-c2nc3cc4cc5ccccc5cc4cc3nc2-c2cc(C)cc(C)c2)cc(C)c1.[Ir].[Ir].[Ir].c1ccc(-c2c[n-]c(-c3ccccn3)n2)cc1. The molecule has 0 amide bonds. The van der Waals surface area contributed by atoms with Crippen LogP contribution in [-0.4, -0.2) is 59.9 Å². The summed E-state index contributed by atoms with van der Waals surface area (Å²) in [7, 11) is 0. The summed E-state index contributed by atoms with van der Waals surface area (Å²) in [4.78, 5) is 56.5. The summed E-state index contributed by atoms with van der Waals surface area (Å²) in [6, 6.07) is 113. The van der Waals surface area contributed by atoms with Gasteiger partial charge in [0.2, 0.25) is 0 Å². The normalized spacial score (nSPS) is 11.1. The summed E-state index contributed by atoms with van der Waals surface area (Å²) in [5, 5.41) is 22.5. The Kier molecular flexibility index (Phi) is 28.7. The fourth-order valence-corrected chi connectivity index (χ4v) is 17.8. The van der Waals surface area contributed by atoms with Crippen LogP contribution >= 0.6 is 0 Å². The zero-order valence-corrected chi connectivity index (χ0v) is 86.0. The van der Waals surface area contributed by atoms with Gasteiger partial charge in [-0.05, 0) is 237 Å². The fraction of sp³-hybridized carbons (Fsp3) is 0.133. The molecular formula is C120H97Ir3N14-5. The van der Waals surface area contributed by atoms with Gasteiger partial charge >= 0.3 is 0 Å². The molecule has 679 valence electrons. The molecule has 0 aliphatic rings. The van der Waals surface area contributed by atoms with Gasteiger partial charge in [-0.1, -0.05) is 266 Å². The number of rotatable bonds is 9. The van der Waals surface area contributed by atoms with E-state index in [1.807, 2.05) is 69.3 Å². The molecule has 0 saturated carbocycles. The van der Waals surface area contributed by atoms with Gasteiger partial charge in [0.1, 0.15) is 6.33 Å². The minimum absolute atomic E-state index is 0. The minimum Gasteiger partial charge on any atom is -0.441 e. The molecule has 3 radical (unpaired) electrons. The van der Waals surface area contributed by atoms with Crippen molar-refractivity contribution in [3.8, 4) is 102 Å². The van der Waals surface area contributed by atoms with E-state index in [2.05, 4.69) is 378 Å². The Morgan fingerprint density at radius 3 is 0.861 bits per heavy atom. The molecule has 0 bridgehead atoms. The van der Waals surface area contributed by atoms with E-state index in [4.69, 9.17) is 29.9 Å². The van der Waals surface area contributed by atoms with Crippen molar-refractivity contribution in [2.75, 3.05) is 0 Å². The maximum Gasteiger partial charge on any atom is 0.115 e. The number of benzene rings is 16. The van der Waals surface area contributed by atoms with Gasteiger partial charge in [0.25, 0.3) is 0 Å². The predicted molar refractivity (Wildman–Crippen MR) is 551 cm³/mol. The third kappa shape index (κ3) is 21.8. The van der Waals surface area contributed by atoms with Crippen molar-refractivity contribution in [1.82, 2.24) is 70.0 Å². The molecule has 7 aromatic heterocycles. The van der Waals surface area contributed by atoms with Crippen molar-refractivity contribution in [1.29, 1.82) is 0 Å². The standard InChI is InChI=1S/3C32H25N2.C14H10N3.C10H12N5.3Ir/c3*1-19-9-20(2)12-27(11-19)31-32(28-13-21(3)10-22(4)14-28)34-30-18-26-16-24-8-6-5-7-23(24)15-25(26)17-29(30)33-31;1-2-6-11(7-3-1)13-10-16-14(17-13)12-8-4-5-9-15-12;1-10(2,3)9-13-8(14-15-9)7-4-5-11-6-12-7;;;/h3*5-13,15-18H,1-4H3;1-10H;4-6H,1-3H3;;;/q5*-1;;;. The van der Waals surface area contributed by atoms with Crippen molar-refractivity contribution in [2.24, 2.45) is 0 Å². The van der Waals surface area contributed by atoms with Crippen molar-refractivity contribution in [3.63, 3.8) is 0 Å². The van der Waals surface area contributed by atoms with Gasteiger partial charge in [0.05, 0.1) is 61.6 Å². The van der Waals surface area contributed by atoms with Crippen LogP contribution in [0.15, 0.2) is 316 Å². The van der Waals surface area contributed by atoms with Crippen LogP contribution in [0.3, 0.4) is 0 Å². The number of fused-ring (bicyclic) bond motifs is 9. The monoisotopic (exact) mass is 2310 g/mol. The van der Waals surface area contributed by atoms with Crippen LogP contribution in [0.5, 0.6) is 0 Å². The van der Waals surface area contributed by atoms with Crippen LogP contribution in [0, 0.1) is 101 Å². The molecule has 14 nitrogen and oxygen atoms in total. The van der Waals surface area contributed by atoms with Crippen molar-refractivity contribution in [3.05, 3.63) is 407 Å². The summed E-state index contributed by atoms with van der Waals surface area (Å²) in [6.07, 6.45) is 6.66. The van der Waals surface area contributed by atoms with Gasteiger partial charge in [-0.25, -0.2) is 9.97 Å². The van der Waals surface area contributed by atoms with Crippen LogP contribution in [0.4, 0.5) is 0 Å². The molecule has 0 aliphatic carbocycles.